The van der Waals surface area contributed by atoms with Crippen molar-refractivity contribution in [2.45, 2.75) is 16.7 Å². The fraction of sp³-hybridized carbons (Fsp3) is 0.333. The van der Waals surface area contributed by atoms with Crippen LogP contribution in [0.2, 0.25) is 0 Å². The first kappa shape index (κ1) is 42.7. The Morgan fingerprint density at radius 1 is 0.679 bits per heavy atom. The number of hydrogen-bond acceptors (Lipinski definition) is 19. The van der Waals surface area contributed by atoms with E-state index in [2.05, 4.69) is 40.5 Å². The minimum Gasteiger partial charge on any atom is -0.744 e. The molecule has 0 atom stereocenters. The van der Waals surface area contributed by atoms with E-state index in [0.717, 1.165) is 12.1 Å². The second kappa shape index (κ2) is 18.5. The molecule has 53 heavy (non-hydrogen) atoms. The van der Waals surface area contributed by atoms with Crippen LogP contribution < -0.4 is 84.3 Å². The summed E-state index contributed by atoms with van der Waals surface area (Å²) in [6.45, 7) is 5.93. The van der Waals surface area contributed by atoms with E-state index in [9.17, 15) is 25.9 Å². The van der Waals surface area contributed by atoms with E-state index in [1.807, 2.05) is 9.80 Å². The Morgan fingerprint density at radius 2 is 1.11 bits per heavy atom. The number of morpholine rings is 2. The van der Waals surface area contributed by atoms with Crippen molar-refractivity contribution >= 4 is 67.6 Å². The van der Waals surface area contributed by atoms with Gasteiger partial charge in [-0.25, -0.2) is 16.8 Å². The number of anilines is 6. The zero-order chi connectivity index (χ0) is 36.2. The summed E-state index contributed by atoms with van der Waals surface area (Å²) in [5, 5.41) is 5.79. The maximum atomic E-state index is 12.3. The molecule has 0 aliphatic carbocycles. The molecule has 0 spiro atoms. The molecule has 23 heteroatoms. The van der Waals surface area contributed by atoms with Crippen LogP contribution in [0.3, 0.4) is 0 Å². The topological polar surface area (TPSA) is 250 Å². The molecule has 0 amide bonds. The second-order valence-corrected chi connectivity index (χ2v) is 13.8. The van der Waals surface area contributed by atoms with E-state index in [4.69, 9.17) is 14.2 Å². The molecule has 0 radical (unpaired) electrons. The van der Waals surface area contributed by atoms with Gasteiger partial charge in [0.1, 0.15) is 26.1 Å². The van der Waals surface area contributed by atoms with Crippen LogP contribution in [0, 0.1) is 6.92 Å². The van der Waals surface area contributed by atoms with Gasteiger partial charge in [-0.15, -0.1) is 0 Å². The van der Waals surface area contributed by atoms with Gasteiger partial charge in [0.15, 0.2) is 0 Å². The summed E-state index contributed by atoms with van der Waals surface area (Å²) in [7, 11) is -8.69. The zero-order valence-corrected chi connectivity index (χ0v) is 35.0. The molecule has 2 aliphatic heterocycles. The van der Waals surface area contributed by atoms with Gasteiger partial charge in [-0.05, 0) is 42.3 Å². The van der Waals surface area contributed by atoms with E-state index in [-0.39, 0.29) is 99.5 Å². The van der Waals surface area contributed by atoms with Crippen LogP contribution in [0.1, 0.15) is 17.0 Å². The van der Waals surface area contributed by atoms with Gasteiger partial charge in [0.2, 0.25) is 23.8 Å². The molecule has 0 saturated carbocycles. The normalized spacial score (nSPS) is 15.0. The maximum absolute atomic E-state index is 12.3. The van der Waals surface area contributed by atoms with E-state index in [1.54, 1.807) is 6.92 Å². The number of aryl methyl sites for hydroxylation is 1. The molecular formula is C30H32N10Na2O9S2. The second-order valence-electron chi connectivity index (χ2n) is 11.1. The monoisotopic (exact) mass is 786 g/mol. The number of hydrogen-bond donors (Lipinski definition) is 2. The SMILES string of the molecule is COc1nc(Nc2ccc(C=Cc3ccc(Nc4nc(C)nc(N5CCOCC5)n4)cc3S(=O)(=O)[O-])c(S(=O)(=O)[O-])c2)nc(N2CCOCC2)n1.[Na+].[Na+]. The molecule has 4 aromatic rings. The molecule has 2 fully saturated rings. The first-order valence-electron chi connectivity index (χ1n) is 15.5. The standard InChI is InChI=1S/C30H34N10O9S2.2Na/c1-19-31-26(35-28(32-19)39-9-13-48-14-10-39)33-22-7-5-20(24(17-22)50(41,42)43)3-4-21-6-8-23(18-25(21)51(44,45)46)34-27-36-29(38-30(37-27)47-2)40-11-15-49-16-12-40;;/h3-8,17-18H,9-16H2,1-2H3,(H,41,42,43)(H,44,45,46)(H,31,32,33,35)(H,34,36,37,38);;/q;2*+1/p-2. The molecule has 0 unspecified atom stereocenters. The van der Waals surface area contributed by atoms with Crippen LogP contribution >= 0.6 is 0 Å². The molecule has 2 aliphatic rings. The molecular weight excluding hydrogens is 755 g/mol. The molecule has 2 aromatic heterocycles. The van der Waals surface area contributed by atoms with Gasteiger partial charge < -0.3 is 43.7 Å². The van der Waals surface area contributed by atoms with Gasteiger partial charge in [0, 0.05) is 37.6 Å². The molecule has 0 bridgehead atoms. The van der Waals surface area contributed by atoms with Gasteiger partial charge in [-0.1, -0.05) is 24.3 Å². The molecule has 4 heterocycles. The fourth-order valence-corrected chi connectivity index (χ4v) is 6.59. The molecule has 270 valence electrons. The largest absolute Gasteiger partial charge is 1.00 e. The molecule has 2 N–H and O–H groups in total. The minimum absolute atomic E-state index is 0. The van der Waals surface area contributed by atoms with Crippen molar-refractivity contribution in [3.63, 3.8) is 0 Å². The van der Waals surface area contributed by atoms with Crippen molar-refractivity contribution in [2.24, 2.45) is 0 Å². The van der Waals surface area contributed by atoms with E-state index in [0.29, 0.717) is 70.3 Å². The van der Waals surface area contributed by atoms with Crippen molar-refractivity contribution in [1.29, 1.82) is 0 Å². The van der Waals surface area contributed by atoms with Crippen molar-refractivity contribution in [3.05, 3.63) is 53.3 Å². The number of ether oxygens (including phenoxy) is 3. The number of aromatic nitrogens is 6. The van der Waals surface area contributed by atoms with Crippen LogP contribution in [0.5, 0.6) is 6.01 Å². The quantitative estimate of drug-likeness (QED) is 0.0826. The van der Waals surface area contributed by atoms with Crippen molar-refractivity contribution in [3.8, 4) is 6.01 Å². The zero-order valence-electron chi connectivity index (χ0n) is 29.3. The van der Waals surface area contributed by atoms with E-state index in [1.165, 1.54) is 43.5 Å². The van der Waals surface area contributed by atoms with Crippen LogP contribution in [0.15, 0.2) is 46.2 Å². The molecule has 2 saturated heterocycles. The maximum Gasteiger partial charge on any atom is 1.00 e. The smallest absolute Gasteiger partial charge is 0.744 e. The third kappa shape index (κ3) is 11.2. The Hall–Kier alpha value is -3.06. The number of rotatable bonds is 11. The number of nitrogens with one attached hydrogen (secondary N) is 2. The van der Waals surface area contributed by atoms with Gasteiger partial charge in [0.05, 0.1) is 43.3 Å². The van der Waals surface area contributed by atoms with E-state index < -0.39 is 30.0 Å². The third-order valence-corrected chi connectivity index (χ3v) is 9.41. The minimum atomic E-state index is -5.05. The Bertz CT molecular complexity index is 2170. The number of benzene rings is 2. The third-order valence-electron chi connectivity index (χ3n) is 7.63. The first-order valence-corrected chi connectivity index (χ1v) is 18.3. The Kier molecular flexibility index (Phi) is 14.9. The van der Waals surface area contributed by atoms with Crippen LogP contribution in [-0.2, 0) is 29.7 Å². The Balaban J connectivity index is 0.00000314. The first-order chi connectivity index (χ1) is 24.4. The average molecular weight is 787 g/mol. The predicted molar refractivity (Wildman–Crippen MR) is 181 cm³/mol. The summed E-state index contributed by atoms with van der Waals surface area (Å²) in [6.07, 6.45) is 2.44. The predicted octanol–water partition coefficient (Wildman–Crippen LogP) is -4.48. The summed E-state index contributed by atoms with van der Waals surface area (Å²) < 4.78 is 90.0. The summed E-state index contributed by atoms with van der Waals surface area (Å²) in [6, 6.07) is 7.86. The Labute approximate surface area is 350 Å². The summed E-state index contributed by atoms with van der Waals surface area (Å²) in [4.78, 5) is 28.4. The van der Waals surface area contributed by atoms with E-state index >= 15 is 0 Å². The van der Waals surface area contributed by atoms with Gasteiger partial charge in [-0.3, -0.25) is 0 Å². The summed E-state index contributed by atoms with van der Waals surface area (Å²) >= 11 is 0. The van der Waals surface area contributed by atoms with Gasteiger partial charge >= 0.3 is 65.1 Å². The summed E-state index contributed by atoms with van der Waals surface area (Å²) in [5.41, 5.74) is 0.239. The molecule has 2 aromatic carbocycles. The average Bonchev–Trinajstić information content (AvgIpc) is 3.11. The van der Waals surface area contributed by atoms with Gasteiger partial charge in [0.25, 0.3) is 0 Å². The van der Waals surface area contributed by atoms with Crippen molar-refractivity contribution in [2.75, 3.05) is 80.1 Å². The van der Waals surface area contributed by atoms with Gasteiger partial charge in [-0.2, -0.15) is 29.9 Å². The summed E-state index contributed by atoms with van der Waals surface area (Å²) in [5.74, 6) is 1.32. The van der Waals surface area contributed by atoms with Crippen LogP contribution in [0.4, 0.5) is 35.2 Å². The Morgan fingerprint density at radius 3 is 1.55 bits per heavy atom. The van der Waals surface area contributed by atoms with Crippen LogP contribution in [-0.4, -0.2) is 116 Å². The molecule has 19 nitrogen and oxygen atoms in total. The fourth-order valence-electron chi connectivity index (χ4n) is 5.20. The van der Waals surface area contributed by atoms with Crippen molar-refractivity contribution < 1.29 is 99.3 Å². The van der Waals surface area contributed by atoms with Crippen LogP contribution in [0.25, 0.3) is 12.2 Å². The molecule has 6 rings (SSSR count). The number of methoxy groups -OCH3 is 1. The van der Waals surface area contributed by atoms with Crippen molar-refractivity contribution in [1.82, 2.24) is 29.9 Å². The number of nitrogens with zero attached hydrogens (tertiary/aromatic N) is 8.